The third-order valence-corrected chi connectivity index (χ3v) is 5.25. The molecule has 0 radical (unpaired) electrons. The van der Waals surface area contributed by atoms with Crippen molar-refractivity contribution in [2.75, 3.05) is 18.0 Å². The van der Waals surface area contributed by atoms with Crippen molar-refractivity contribution < 1.29 is 13.5 Å². The van der Waals surface area contributed by atoms with Crippen LogP contribution in [0.5, 0.6) is 5.75 Å². The Hall–Kier alpha value is -2.77. The first-order valence-corrected chi connectivity index (χ1v) is 9.03. The molecule has 3 aromatic rings. The van der Waals surface area contributed by atoms with Crippen LogP contribution in [-0.4, -0.2) is 51.2 Å². The smallest absolute Gasteiger partial charge is 0.150 e. The minimum Gasteiger partial charge on any atom is -0.488 e. The second-order valence-corrected chi connectivity index (χ2v) is 7.53. The van der Waals surface area contributed by atoms with E-state index in [0.717, 1.165) is 29.5 Å². The Bertz CT molecular complexity index is 993. The summed E-state index contributed by atoms with van der Waals surface area (Å²) in [6.45, 7) is 2.08. The standard InChI is InChI=1S/C19H19F2N5O/c1-19(4-5-19)27-11-2-3-15-12(6-11)18(25-24-15)16-7-17(23-10-22-16)26-8-13(20)14(21)9-26/h2-3,6-7,10,13-14H,4-5,8-9H2,1H3,(H,24,25)/t13-,14?/m0/s1. The molecule has 1 saturated carbocycles. The molecule has 140 valence electrons. The molecule has 1 aliphatic heterocycles. The van der Waals surface area contributed by atoms with Crippen LogP contribution in [0.4, 0.5) is 14.6 Å². The molecule has 1 unspecified atom stereocenters. The Labute approximate surface area is 154 Å². The molecule has 2 aliphatic rings. The summed E-state index contributed by atoms with van der Waals surface area (Å²) in [5.74, 6) is 1.29. The number of ether oxygens (including phenoxy) is 1. The summed E-state index contributed by atoms with van der Waals surface area (Å²) in [5.41, 5.74) is 2.06. The van der Waals surface area contributed by atoms with Crippen LogP contribution in [0.3, 0.4) is 0 Å². The number of fused-ring (bicyclic) bond motifs is 1. The lowest BCUT2D eigenvalue weighted by Gasteiger charge is -2.16. The van der Waals surface area contributed by atoms with E-state index in [1.807, 2.05) is 18.2 Å². The van der Waals surface area contributed by atoms with Crippen LogP contribution in [0.2, 0.25) is 0 Å². The van der Waals surface area contributed by atoms with Gasteiger partial charge in [0, 0.05) is 11.5 Å². The zero-order valence-electron chi connectivity index (χ0n) is 14.8. The van der Waals surface area contributed by atoms with Crippen LogP contribution < -0.4 is 9.64 Å². The number of rotatable bonds is 4. The molecule has 5 rings (SSSR count). The summed E-state index contributed by atoms with van der Waals surface area (Å²) in [5, 5.41) is 8.26. The molecular weight excluding hydrogens is 352 g/mol. The molecule has 27 heavy (non-hydrogen) atoms. The highest BCUT2D eigenvalue weighted by Gasteiger charge is 2.40. The van der Waals surface area contributed by atoms with Gasteiger partial charge in [0.2, 0.25) is 0 Å². The van der Waals surface area contributed by atoms with Crippen molar-refractivity contribution in [3.05, 3.63) is 30.6 Å². The molecule has 1 saturated heterocycles. The van der Waals surface area contributed by atoms with E-state index >= 15 is 0 Å². The van der Waals surface area contributed by atoms with Gasteiger partial charge in [0.1, 0.15) is 29.2 Å². The Morgan fingerprint density at radius 3 is 2.67 bits per heavy atom. The van der Waals surface area contributed by atoms with E-state index in [0.29, 0.717) is 17.2 Å². The van der Waals surface area contributed by atoms with Crippen LogP contribution in [-0.2, 0) is 0 Å². The molecule has 0 bridgehead atoms. The highest BCUT2D eigenvalue weighted by molar-refractivity contribution is 5.93. The van der Waals surface area contributed by atoms with E-state index in [-0.39, 0.29) is 18.7 Å². The predicted octanol–water partition coefficient (Wildman–Crippen LogP) is 3.45. The van der Waals surface area contributed by atoms with Gasteiger partial charge in [-0.3, -0.25) is 5.10 Å². The molecule has 6 nitrogen and oxygen atoms in total. The van der Waals surface area contributed by atoms with Crippen molar-refractivity contribution in [2.45, 2.75) is 37.7 Å². The quantitative estimate of drug-likeness (QED) is 0.761. The van der Waals surface area contributed by atoms with E-state index in [4.69, 9.17) is 4.74 Å². The molecule has 0 spiro atoms. The van der Waals surface area contributed by atoms with Crippen molar-refractivity contribution in [1.29, 1.82) is 0 Å². The number of hydrogen-bond acceptors (Lipinski definition) is 5. The number of H-pyrrole nitrogens is 1. The number of alkyl halides is 2. The van der Waals surface area contributed by atoms with E-state index in [9.17, 15) is 8.78 Å². The van der Waals surface area contributed by atoms with Gasteiger partial charge < -0.3 is 9.64 Å². The molecule has 1 aromatic carbocycles. The van der Waals surface area contributed by atoms with Gasteiger partial charge in [-0.25, -0.2) is 18.7 Å². The van der Waals surface area contributed by atoms with Crippen LogP contribution in [0.25, 0.3) is 22.3 Å². The van der Waals surface area contributed by atoms with Gasteiger partial charge in [0.15, 0.2) is 12.3 Å². The largest absolute Gasteiger partial charge is 0.488 e. The summed E-state index contributed by atoms with van der Waals surface area (Å²) in [7, 11) is 0. The number of halogens is 2. The molecule has 1 N–H and O–H groups in total. The van der Waals surface area contributed by atoms with Crippen LogP contribution >= 0.6 is 0 Å². The maximum Gasteiger partial charge on any atom is 0.150 e. The fraction of sp³-hybridized carbons (Fsp3) is 0.421. The fourth-order valence-corrected chi connectivity index (χ4v) is 3.38. The number of benzene rings is 1. The lowest BCUT2D eigenvalue weighted by molar-refractivity contribution is 0.200. The maximum atomic E-state index is 13.5. The van der Waals surface area contributed by atoms with E-state index in [1.165, 1.54) is 6.33 Å². The summed E-state index contributed by atoms with van der Waals surface area (Å²) in [6.07, 6.45) is 0.533. The van der Waals surface area contributed by atoms with E-state index in [1.54, 1.807) is 11.0 Å². The van der Waals surface area contributed by atoms with Gasteiger partial charge in [-0.15, -0.1) is 0 Å². The average Bonchev–Trinajstić information content (AvgIpc) is 3.09. The number of aromatic nitrogens is 4. The van der Waals surface area contributed by atoms with Crippen molar-refractivity contribution in [3.63, 3.8) is 0 Å². The Balaban J connectivity index is 1.50. The van der Waals surface area contributed by atoms with Gasteiger partial charge in [-0.1, -0.05) is 0 Å². The third kappa shape index (κ3) is 2.98. The summed E-state index contributed by atoms with van der Waals surface area (Å²) in [4.78, 5) is 10.1. The monoisotopic (exact) mass is 371 g/mol. The topological polar surface area (TPSA) is 66.9 Å². The average molecular weight is 371 g/mol. The maximum absolute atomic E-state index is 13.5. The summed E-state index contributed by atoms with van der Waals surface area (Å²) >= 11 is 0. The molecule has 0 amide bonds. The lowest BCUT2D eigenvalue weighted by atomic mass is 10.1. The highest BCUT2D eigenvalue weighted by atomic mass is 19.2. The van der Waals surface area contributed by atoms with E-state index < -0.39 is 12.3 Å². The summed E-state index contributed by atoms with van der Waals surface area (Å²) < 4.78 is 33.1. The highest BCUT2D eigenvalue weighted by Crippen LogP contribution is 2.40. The second-order valence-electron chi connectivity index (χ2n) is 7.53. The molecule has 2 fully saturated rings. The number of aromatic amines is 1. The van der Waals surface area contributed by atoms with Crippen LogP contribution in [0.1, 0.15) is 19.8 Å². The molecular formula is C19H19F2N5O. The zero-order valence-corrected chi connectivity index (χ0v) is 14.8. The molecule has 3 heterocycles. The Morgan fingerprint density at radius 2 is 1.93 bits per heavy atom. The minimum absolute atomic E-state index is 0.00446. The first-order valence-electron chi connectivity index (χ1n) is 9.03. The number of nitrogens with zero attached hydrogens (tertiary/aromatic N) is 4. The SMILES string of the molecule is CC1(Oc2ccc3[nH]nc(-c4cc(N5CC(F)[C@@H](F)C5)ncn4)c3c2)CC1. The minimum atomic E-state index is -1.49. The molecule has 8 heteroatoms. The van der Waals surface area contributed by atoms with Crippen molar-refractivity contribution >= 4 is 16.7 Å². The predicted molar refractivity (Wildman–Crippen MR) is 97.4 cm³/mol. The van der Waals surface area contributed by atoms with Gasteiger partial charge in [-0.05, 0) is 38.0 Å². The van der Waals surface area contributed by atoms with Gasteiger partial charge in [0.05, 0.1) is 24.3 Å². The number of nitrogens with one attached hydrogen (secondary N) is 1. The fourth-order valence-electron chi connectivity index (χ4n) is 3.38. The van der Waals surface area contributed by atoms with Crippen LogP contribution in [0.15, 0.2) is 30.6 Å². The summed E-state index contributed by atoms with van der Waals surface area (Å²) in [6, 6.07) is 7.52. The van der Waals surface area contributed by atoms with Gasteiger partial charge in [0.25, 0.3) is 0 Å². The molecule has 2 aromatic heterocycles. The molecule has 1 aliphatic carbocycles. The first kappa shape index (κ1) is 16.4. The van der Waals surface area contributed by atoms with Crippen molar-refractivity contribution in [3.8, 4) is 17.1 Å². The number of hydrogen-bond donors (Lipinski definition) is 1. The second kappa shape index (κ2) is 5.87. The van der Waals surface area contributed by atoms with Gasteiger partial charge >= 0.3 is 0 Å². The van der Waals surface area contributed by atoms with Crippen LogP contribution in [0, 0.1) is 0 Å². The first-order chi connectivity index (χ1) is 13.0. The Kier molecular flexibility index (Phi) is 3.57. The Morgan fingerprint density at radius 1 is 1.15 bits per heavy atom. The normalized spacial score (nSPS) is 23.7. The van der Waals surface area contributed by atoms with Crippen molar-refractivity contribution in [2.24, 2.45) is 0 Å². The number of anilines is 1. The van der Waals surface area contributed by atoms with Gasteiger partial charge in [-0.2, -0.15) is 5.10 Å². The third-order valence-electron chi connectivity index (χ3n) is 5.25. The molecule has 2 atom stereocenters. The zero-order chi connectivity index (χ0) is 18.6. The van der Waals surface area contributed by atoms with Crippen molar-refractivity contribution in [1.82, 2.24) is 20.2 Å². The lowest BCUT2D eigenvalue weighted by Crippen LogP contribution is -2.21. The van der Waals surface area contributed by atoms with E-state index in [2.05, 4.69) is 27.1 Å².